The van der Waals surface area contributed by atoms with Crippen LogP contribution in [0.3, 0.4) is 0 Å². The molecule has 0 fully saturated rings. The quantitative estimate of drug-likeness (QED) is 0.683. The van der Waals surface area contributed by atoms with E-state index in [0.29, 0.717) is 24.1 Å². The van der Waals surface area contributed by atoms with Gasteiger partial charge in [0.25, 0.3) is 11.8 Å². The number of carbonyl (C=O) groups excluding carboxylic acids is 3. The molecule has 6 heteroatoms. The summed E-state index contributed by atoms with van der Waals surface area (Å²) < 4.78 is 0. The molecule has 1 aliphatic heterocycles. The van der Waals surface area contributed by atoms with Crippen molar-refractivity contribution in [2.24, 2.45) is 5.73 Å². The van der Waals surface area contributed by atoms with E-state index in [1.807, 2.05) is 25.1 Å². The third-order valence-electron chi connectivity index (χ3n) is 5.03. The van der Waals surface area contributed by atoms with Crippen LogP contribution in [0.1, 0.15) is 37.5 Å². The number of fused-ring (bicyclic) bond motifs is 2. The van der Waals surface area contributed by atoms with E-state index in [0.717, 1.165) is 27.7 Å². The Balaban J connectivity index is 1.61. The molecule has 1 aliphatic rings. The standard InChI is InChI=1S/C21H19N3O3/c1-12-14(17-10-13(11-19(22)25)6-7-18(17)23-12)8-9-24-20(26)15-4-2-3-5-16(15)21(24)27/h2-7,10,23H,8-9,11H2,1H3,(H2,22,25). The van der Waals surface area contributed by atoms with Crippen LogP contribution < -0.4 is 5.73 Å². The molecular formula is C21H19N3O3. The Bertz CT molecular complexity index is 1060. The second-order valence-electron chi connectivity index (χ2n) is 6.81. The van der Waals surface area contributed by atoms with Gasteiger partial charge in [-0.1, -0.05) is 18.2 Å². The summed E-state index contributed by atoms with van der Waals surface area (Å²) in [6.45, 7) is 2.27. The van der Waals surface area contributed by atoms with Gasteiger partial charge in [0.1, 0.15) is 0 Å². The highest BCUT2D eigenvalue weighted by Crippen LogP contribution is 2.27. The number of aromatic amines is 1. The largest absolute Gasteiger partial charge is 0.369 e. The van der Waals surface area contributed by atoms with Gasteiger partial charge in [-0.25, -0.2) is 0 Å². The topological polar surface area (TPSA) is 96.3 Å². The summed E-state index contributed by atoms with van der Waals surface area (Å²) in [7, 11) is 0. The van der Waals surface area contributed by atoms with Crippen LogP contribution in [0.15, 0.2) is 42.5 Å². The molecule has 3 aromatic rings. The van der Waals surface area contributed by atoms with E-state index in [2.05, 4.69) is 4.98 Å². The zero-order valence-electron chi connectivity index (χ0n) is 14.9. The summed E-state index contributed by atoms with van der Waals surface area (Å²) in [5.74, 6) is -0.876. The molecule has 3 N–H and O–H groups in total. The number of primary amides is 1. The summed E-state index contributed by atoms with van der Waals surface area (Å²) in [5.41, 5.74) is 10.0. The normalized spacial score (nSPS) is 13.4. The highest BCUT2D eigenvalue weighted by atomic mass is 16.2. The number of hydrogen-bond donors (Lipinski definition) is 2. The van der Waals surface area contributed by atoms with Crippen LogP contribution >= 0.6 is 0 Å². The zero-order valence-corrected chi connectivity index (χ0v) is 14.9. The number of benzene rings is 2. The first kappa shape index (κ1) is 17.0. The lowest BCUT2D eigenvalue weighted by Crippen LogP contribution is -2.31. The van der Waals surface area contributed by atoms with Crippen molar-refractivity contribution in [3.05, 3.63) is 70.4 Å². The second-order valence-corrected chi connectivity index (χ2v) is 6.81. The average Bonchev–Trinajstić information content (AvgIpc) is 3.07. The first-order valence-electron chi connectivity index (χ1n) is 8.79. The second kappa shape index (κ2) is 6.39. The number of aromatic nitrogens is 1. The van der Waals surface area contributed by atoms with Crippen LogP contribution in [0.4, 0.5) is 0 Å². The van der Waals surface area contributed by atoms with E-state index in [-0.39, 0.29) is 24.1 Å². The van der Waals surface area contributed by atoms with Gasteiger partial charge in [0.15, 0.2) is 0 Å². The van der Waals surface area contributed by atoms with Crippen molar-refractivity contribution in [3.8, 4) is 0 Å². The van der Waals surface area contributed by atoms with Gasteiger partial charge in [-0.05, 0) is 48.7 Å². The van der Waals surface area contributed by atoms with Crippen molar-refractivity contribution < 1.29 is 14.4 Å². The molecule has 4 rings (SSSR count). The van der Waals surface area contributed by atoms with Crippen LogP contribution in [0.5, 0.6) is 0 Å². The Morgan fingerprint density at radius 1 is 1.07 bits per heavy atom. The number of nitrogens with two attached hydrogens (primary N) is 1. The number of carbonyl (C=O) groups is 3. The summed E-state index contributed by atoms with van der Waals surface area (Å²) in [5, 5.41) is 0.989. The van der Waals surface area contributed by atoms with Crippen molar-refractivity contribution in [3.63, 3.8) is 0 Å². The Kier molecular flexibility index (Phi) is 4.03. The number of H-pyrrole nitrogens is 1. The molecule has 3 amide bonds. The molecule has 136 valence electrons. The van der Waals surface area contributed by atoms with E-state index in [1.165, 1.54) is 4.90 Å². The number of amides is 3. The van der Waals surface area contributed by atoms with Gasteiger partial charge in [0, 0.05) is 23.1 Å². The van der Waals surface area contributed by atoms with Crippen LogP contribution in [0.2, 0.25) is 0 Å². The van der Waals surface area contributed by atoms with E-state index in [1.54, 1.807) is 24.3 Å². The molecule has 2 aromatic carbocycles. The summed E-state index contributed by atoms with van der Waals surface area (Å²) in [6.07, 6.45) is 0.718. The minimum Gasteiger partial charge on any atom is -0.369 e. The third-order valence-corrected chi connectivity index (χ3v) is 5.03. The van der Waals surface area contributed by atoms with Crippen LogP contribution in [0.25, 0.3) is 10.9 Å². The Morgan fingerprint density at radius 2 is 1.74 bits per heavy atom. The number of rotatable bonds is 5. The average molecular weight is 361 g/mol. The molecule has 0 unspecified atom stereocenters. The van der Waals surface area contributed by atoms with Crippen molar-refractivity contribution in [1.29, 1.82) is 0 Å². The molecule has 0 spiro atoms. The van der Waals surface area contributed by atoms with Crippen molar-refractivity contribution in [2.75, 3.05) is 6.54 Å². The minimum absolute atomic E-state index is 0.179. The highest BCUT2D eigenvalue weighted by molar-refractivity contribution is 6.21. The monoisotopic (exact) mass is 361 g/mol. The number of nitrogens with zero attached hydrogens (tertiary/aromatic N) is 1. The van der Waals surface area contributed by atoms with Crippen molar-refractivity contribution >= 4 is 28.6 Å². The molecule has 2 heterocycles. The van der Waals surface area contributed by atoms with E-state index in [9.17, 15) is 14.4 Å². The minimum atomic E-state index is -0.380. The van der Waals surface area contributed by atoms with Gasteiger partial charge < -0.3 is 10.7 Å². The lowest BCUT2D eigenvalue weighted by Gasteiger charge is -2.14. The Morgan fingerprint density at radius 3 is 2.37 bits per heavy atom. The molecule has 0 saturated heterocycles. The maximum absolute atomic E-state index is 12.5. The van der Waals surface area contributed by atoms with E-state index < -0.39 is 0 Å². The number of hydrogen-bond acceptors (Lipinski definition) is 3. The molecule has 0 bridgehead atoms. The molecular weight excluding hydrogens is 342 g/mol. The molecule has 27 heavy (non-hydrogen) atoms. The third kappa shape index (κ3) is 2.89. The van der Waals surface area contributed by atoms with Crippen molar-refractivity contribution in [1.82, 2.24) is 9.88 Å². The van der Waals surface area contributed by atoms with Gasteiger partial charge in [-0.15, -0.1) is 0 Å². The van der Waals surface area contributed by atoms with Gasteiger partial charge in [0.2, 0.25) is 5.91 Å². The first-order valence-corrected chi connectivity index (χ1v) is 8.79. The van der Waals surface area contributed by atoms with E-state index >= 15 is 0 Å². The fourth-order valence-electron chi connectivity index (χ4n) is 3.73. The number of aryl methyl sites for hydroxylation is 1. The summed E-state index contributed by atoms with van der Waals surface area (Å²) in [6, 6.07) is 12.6. The summed E-state index contributed by atoms with van der Waals surface area (Å²) >= 11 is 0. The molecule has 6 nitrogen and oxygen atoms in total. The van der Waals surface area contributed by atoms with E-state index in [4.69, 9.17) is 5.73 Å². The smallest absolute Gasteiger partial charge is 0.261 e. The zero-order chi connectivity index (χ0) is 19.1. The number of imide groups is 1. The lowest BCUT2D eigenvalue weighted by molar-refractivity contribution is -0.117. The Labute approximate surface area is 156 Å². The van der Waals surface area contributed by atoms with Crippen molar-refractivity contribution in [2.45, 2.75) is 19.8 Å². The van der Waals surface area contributed by atoms with Gasteiger partial charge in [-0.3, -0.25) is 19.3 Å². The fraction of sp³-hybridized carbons (Fsp3) is 0.190. The molecule has 0 aliphatic carbocycles. The van der Waals surface area contributed by atoms with Gasteiger partial charge in [0.05, 0.1) is 17.5 Å². The predicted octanol–water partition coefficient (Wildman–Crippen LogP) is 2.34. The predicted molar refractivity (Wildman–Crippen MR) is 101 cm³/mol. The lowest BCUT2D eigenvalue weighted by atomic mass is 10.0. The molecule has 1 aromatic heterocycles. The van der Waals surface area contributed by atoms with Gasteiger partial charge in [-0.2, -0.15) is 0 Å². The maximum atomic E-state index is 12.5. The van der Waals surface area contributed by atoms with Gasteiger partial charge >= 0.3 is 0 Å². The van der Waals surface area contributed by atoms with Crippen LogP contribution in [0, 0.1) is 6.92 Å². The van der Waals surface area contributed by atoms with Crippen LogP contribution in [-0.4, -0.2) is 34.2 Å². The highest BCUT2D eigenvalue weighted by Gasteiger charge is 2.34. The maximum Gasteiger partial charge on any atom is 0.261 e. The molecule has 0 saturated carbocycles. The Hall–Kier alpha value is -3.41. The number of nitrogens with one attached hydrogen (secondary N) is 1. The van der Waals surface area contributed by atoms with Crippen LogP contribution in [-0.2, 0) is 17.6 Å². The SMILES string of the molecule is Cc1[nH]c2ccc(CC(N)=O)cc2c1CCN1C(=O)c2ccccc2C1=O. The fourth-order valence-corrected chi connectivity index (χ4v) is 3.73. The first-order chi connectivity index (χ1) is 13.0. The molecule has 0 radical (unpaired) electrons. The molecule has 0 atom stereocenters. The summed E-state index contributed by atoms with van der Waals surface area (Å²) in [4.78, 5) is 40.9.